The maximum atomic E-state index is 13.1. The highest BCUT2D eigenvalue weighted by Gasteiger charge is 2.27. The Balaban J connectivity index is 1.78. The van der Waals surface area contributed by atoms with Gasteiger partial charge in [0.1, 0.15) is 0 Å². The summed E-state index contributed by atoms with van der Waals surface area (Å²) in [4.78, 5) is 4.67. The Morgan fingerprint density at radius 1 is 1.11 bits per heavy atom. The fraction of sp³-hybridized carbons (Fsp3) is 0. The number of halogens is 1. The van der Waals surface area contributed by atoms with Crippen LogP contribution in [0.1, 0.15) is 0 Å². The molecule has 1 aromatic carbocycles. The number of rotatable bonds is 3. The van der Waals surface area contributed by atoms with Gasteiger partial charge in [-0.05, 0) is 57.2 Å². The lowest BCUT2D eigenvalue weighted by atomic mass is 10.4. The maximum Gasteiger partial charge on any atom is 0.229 e. The number of fused-ring (bicyclic) bond motifs is 3. The van der Waals surface area contributed by atoms with E-state index in [1.165, 1.54) is 28.0 Å². The Kier molecular flexibility index (Phi) is 4.27. The first-order valence-corrected chi connectivity index (χ1v) is 12.4. The number of hydrogen-bond donors (Lipinski definition) is 0. The van der Waals surface area contributed by atoms with Gasteiger partial charge in [0.15, 0.2) is 11.5 Å². The van der Waals surface area contributed by atoms with Gasteiger partial charge < -0.3 is 0 Å². The molecule has 0 N–H and O–H groups in total. The van der Waals surface area contributed by atoms with Crippen molar-refractivity contribution in [2.24, 2.45) is 4.36 Å². The zero-order valence-electron chi connectivity index (χ0n) is 13.9. The van der Waals surface area contributed by atoms with Gasteiger partial charge in [-0.3, -0.25) is 0 Å². The summed E-state index contributed by atoms with van der Waals surface area (Å²) in [6.07, 6.45) is 3.86. The van der Waals surface area contributed by atoms with Gasteiger partial charge in [-0.25, -0.2) is 13.4 Å². The molecular weight excluding hydrogens is 482 g/mol. The highest BCUT2D eigenvalue weighted by Crippen LogP contribution is 2.33. The number of thiophene rings is 1. The van der Waals surface area contributed by atoms with Crippen LogP contribution in [0.25, 0.3) is 15.9 Å². The number of benzene rings is 1. The summed E-state index contributed by atoms with van der Waals surface area (Å²) in [5.74, 6) is 0.492. The molecule has 11 heteroatoms. The molecule has 0 fully saturated rings. The summed E-state index contributed by atoms with van der Waals surface area (Å²) in [5.41, 5.74) is 0.901. The van der Waals surface area contributed by atoms with Crippen molar-refractivity contribution in [1.29, 1.82) is 0 Å². The lowest BCUT2D eigenvalue weighted by molar-refractivity contribution is 0.592. The van der Waals surface area contributed by atoms with Gasteiger partial charge in [0.05, 0.1) is 15.1 Å². The third-order valence-corrected chi connectivity index (χ3v) is 8.37. The van der Waals surface area contributed by atoms with Crippen molar-refractivity contribution in [3.63, 3.8) is 0 Å². The molecule has 0 unspecified atom stereocenters. The summed E-state index contributed by atoms with van der Waals surface area (Å²) in [7, 11) is -4.29. The highest BCUT2D eigenvalue weighted by atomic mass is 79.9. The number of hydrogen-bond acceptors (Lipinski definition) is 7. The van der Waals surface area contributed by atoms with E-state index >= 15 is 0 Å². The Bertz CT molecular complexity index is 1420. The number of sulfone groups is 1. The fourth-order valence-electron chi connectivity index (χ4n) is 2.73. The van der Waals surface area contributed by atoms with E-state index in [-0.39, 0.29) is 15.6 Å². The maximum absolute atomic E-state index is 13.1. The predicted molar refractivity (Wildman–Crippen MR) is 113 cm³/mol. The first-order chi connectivity index (χ1) is 13.5. The molecule has 5 rings (SSSR count). The first kappa shape index (κ1) is 17.9. The molecule has 140 valence electrons. The van der Waals surface area contributed by atoms with Crippen LogP contribution in [0.5, 0.6) is 0 Å². The zero-order valence-corrected chi connectivity index (χ0v) is 18.0. The van der Waals surface area contributed by atoms with Crippen LogP contribution in [0.15, 0.2) is 77.4 Å². The molecule has 7 nitrogen and oxygen atoms in total. The monoisotopic (exact) mass is 491 g/mol. The normalized spacial score (nSPS) is 14.5. The summed E-state index contributed by atoms with van der Waals surface area (Å²) in [6.45, 7) is 0. The molecule has 0 spiro atoms. The quantitative estimate of drug-likeness (QED) is 0.423. The van der Waals surface area contributed by atoms with E-state index < -0.39 is 20.5 Å². The van der Waals surface area contributed by atoms with Crippen molar-refractivity contribution in [2.75, 3.05) is 0 Å². The Morgan fingerprint density at radius 3 is 2.61 bits per heavy atom. The molecular formula is C17H10BrN5O2S3. The average Bonchev–Trinajstić information content (AvgIpc) is 3.42. The van der Waals surface area contributed by atoms with E-state index in [9.17, 15) is 8.42 Å². The number of aromatic nitrogens is 4. The van der Waals surface area contributed by atoms with Gasteiger partial charge in [-0.1, -0.05) is 33.3 Å². The molecule has 0 aliphatic carbocycles. The SMILES string of the molecule is O=S(=O)(c1ccc(Br)cc1)c1nnn2c1nc(N=S1C=CC=C1)c1sccc12. The van der Waals surface area contributed by atoms with Gasteiger partial charge in [-0.15, -0.1) is 16.4 Å². The van der Waals surface area contributed by atoms with Gasteiger partial charge in [-0.2, -0.15) is 8.88 Å². The van der Waals surface area contributed by atoms with Crippen LogP contribution in [-0.2, 0) is 20.5 Å². The molecule has 0 amide bonds. The molecule has 1 aliphatic rings. The molecule has 1 aliphatic heterocycles. The average molecular weight is 492 g/mol. The van der Waals surface area contributed by atoms with Crippen LogP contribution >= 0.6 is 27.3 Å². The van der Waals surface area contributed by atoms with E-state index in [0.717, 1.165) is 14.7 Å². The largest absolute Gasteiger partial charge is 0.229 e. The van der Waals surface area contributed by atoms with E-state index in [1.807, 2.05) is 34.4 Å². The van der Waals surface area contributed by atoms with E-state index in [2.05, 4.69) is 35.6 Å². The third-order valence-electron chi connectivity index (χ3n) is 4.02. The molecule has 28 heavy (non-hydrogen) atoms. The molecule has 4 aromatic rings. The van der Waals surface area contributed by atoms with Crippen molar-refractivity contribution in [3.8, 4) is 0 Å². The van der Waals surface area contributed by atoms with Gasteiger partial charge in [0.2, 0.25) is 14.9 Å². The lowest BCUT2D eigenvalue weighted by Crippen LogP contribution is -2.04. The number of nitrogens with zero attached hydrogens (tertiary/aromatic N) is 5. The van der Waals surface area contributed by atoms with Gasteiger partial charge >= 0.3 is 0 Å². The second-order valence-corrected chi connectivity index (χ2v) is 10.9. The zero-order chi connectivity index (χ0) is 19.3. The summed E-state index contributed by atoms with van der Waals surface area (Å²) >= 11 is 4.80. The smallest absolute Gasteiger partial charge is 0.217 e. The molecule has 3 aromatic heterocycles. The Morgan fingerprint density at radius 2 is 1.86 bits per heavy atom. The van der Waals surface area contributed by atoms with Gasteiger partial charge in [0, 0.05) is 4.47 Å². The molecule has 0 atom stereocenters. The van der Waals surface area contributed by atoms with Crippen molar-refractivity contribution < 1.29 is 8.42 Å². The van der Waals surface area contributed by atoms with E-state index in [1.54, 1.807) is 12.1 Å². The first-order valence-electron chi connectivity index (χ1n) is 7.96. The van der Waals surface area contributed by atoms with Crippen molar-refractivity contribution in [2.45, 2.75) is 9.92 Å². The third kappa shape index (κ3) is 2.85. The summed E-state index contributed by atoms with van der Waals surface area (Å²) < 4.78 is 34.0. The Hall–Kier alpha value is -2.21. The minimum absolute atomic E-state index is 0.132. The molecule has 0 saturated carbocycles. The van der Waals surface area contributed by atoms with Crippen molar-refractivity contribution in [3.05, 3.63) is 63.2 Å². The molecule has 0 bridgehead atoms. The van der Waals surface area contributed by atoms with Crippen LogP contribution in [0.2, 0.25) is 0 Å². The summed E-state index contributed by atoms with van der Waals surface area (Å²) in [6, 6.07) is 8.25. The van der Waals surface area contributed by atoms with Crippen LogP contribution in [0, 0.1) is 0 Å². The van der Waals surface area contributed by atoms with Crippen LogP contribution in [-0.4, -0.2) is 28.2 Å². The standard InChI is InChI=1S/C17H10BrN5O2S3/c18-11-3-5-12(6-4-11)28(24,25)17-16-19-15(21-27-9-1-2-10-27)14-13(7-8-26-14)23(16)22-20-17/h1-10H. The van der Waals surface area contributed by atoms with Crippen molar-refractivity contribution in [1.82, 2.24) is 19.8 Å². The second-order valence-electron chi connectivity index (χ2n) is 5.75. The minimum Gasteiger partial charge on any atom is -0.217 e. The van der Waals surface area contributed by atoms with Crippen LogP contribution in [0.3, 0.4) is 0 Å². The highest BCUT2D eigenvalue weighted by molar-refractivity contribution is 9.10. The van der Waals surface area contributed by atoms with Gasteiger partial charge in [0.25, 0.3) is 0 Å². The number of allylic oxidation sites excluding steroid dienone is 2. The molecule has 0 radical (unpaired) electrons. The van der Waals surface area contributed by atoms with E-state index in [4.69, 9.17) is 0 Å². The van der Waals surface area contributed by atoms with Crippen molar-refractivity contribution >= 4 is 69.5 Å². The Labute approximate surface area is 174 Å². The lowest BCUT2D eigenvalue weighted by Gasteiger charge is -2.03. The topological polar surface area (TPSA) is 89.6 Å². The fourth-order valence-corrected chi connectivity index (χ4v) is 6.14. The van der Waals surface area contributed by atoms with Crippen LogP contribution < -0.4 is 0 Å². The molecule has 0 saturated heterocycles. The summed E-state index contributed by atoms with van der Waals surface area (Å²) in [5, 5.41) is 13.7. The second kappa shape index (κ2) is 6.69. The van der Waals surface area contributed by atoms with E-state index in [0.29, 0.717) is 5.82 Å². The predicted octanol–water partition coefficient (Wildman–Crippen LogP) is 4.41. The van der Waals surface area contributed by atoms with Crippen LogP contribution in [0.4, 0.5) is 5.82 Å². The minimum atomic E-state index is -3.88. The molecule has 4 heterocycles.